The van der Waals surface area contributed by atoms with Crippen LogP contribution in [0, 0.1) is 0 Å². The van der Waals surface area contributed by atoms with Crippen molar-refractivity contribution in [2.75, 3.05) is 119 Å². The van der Waals surface area contributed by atoms with E-state index in [2.05, 4.69) is 79.1 Å². The number of Topliss-reactive ketones (excluding diaryl/α,β-unsaturated/α-hetero) is 1. The third kappa shape index (κ3) is 49.0. The zero-order valence-corrected chi connectivity index (χ0v) is 61.5. The molecule has 0 saturated heterocycles. The zero-order chi connectivity index (χ0) is 78.0. The fourth-order valence-electron chi connectivity index (χ4n) is 9.90. The summed E-state index contributed by atoms with van der Waals surface area (Å²) < 4.78 is 21.4. The Morgan fingerprint density at radius 2 is 0.838 bits per heavy atom. The summed E-state index contributed by atoms with van der Waals surface area (Å²) >= 11 is 0. The molecule has 0 aromatic carbocycles. The van der Waals surface area contributed by atoms with Gasteiger partial charge in [0.1, 0.15) is 49.5 Å². The zero-order valence-electron chi connectivity index (χ0n) is 61.5. The minimum atomic E-state index is -1.87. The van der Waals surface area contributed by atoms with Crippen LogP contribution in [-0.4, -0.2) is 285 Å². The van der Waals surface area contributed by atoms with E-state index < -0.39 is 166 Å². The Balaban J connectivity index is 2.50. The molecule has 1 aromatic rings. The maximum Gasteiger partial charge on any atom is 0.246 e. The number of hydrogen-bond acceptors (Lipinski definition) is 25. The minimum Gasteiger partial charge on any atom is -0.394 e. The standard InChI is InChI=1S/C66H118N18O21/c1-5-6-20-46(45(2)88)73-57(92)27-29-71-61(96)50(40-85)78-62(97)47(23-25-53(67)89)75-64(99)49(28-32-84(3)4)77-66(101)52(42-87)79-63(98)48(24-26-54(68)90)76-65(100)51(41-86)74-58(93)39-72-60(95)44-105-38-36-103-34-31-70-59(94)43-104-37-35-102-33-30-69-56(91)22-19-17-15-13-11-9-7-8-10-12-14-16-18-21-55-80-82-83-81-55/h46-52,85-87H,5-44H2,1-4H3,(H2,67,89)(H2,68,90)(H,69,91)(H,70,94)(H,71,96)(H,72,95)(H,73,92)(H,74,93)(H,75,99)(H,76,100)(H,77,101)(H,78,97)(H,79,98)(H,80,81,82,83)/t46-,47-,48-,49-,50-,51+,52-/m0/s1. The molecule has 13 amide bonds. The van der Waals surface area contributed by atoms with Crippen LogP contribution in [0.3, 0.4) is 0 Å². The predicted molar refractivity (Wildman–Crippen MR) is 377 cm³/mol. The summed E-state index contributed by atoms with van der Waals surface area (Å²) in [7, 11) is 3.25. The molecule has 1 rings (SSSR count). The van der Waals surface area contributed by atoms with Crippen LogP contribution in [-0.2, 0) is 92.5 Å². The number of hydrogen-bond donors (Lipinski definition) is 17. The van der Waals surface area contributed by atoms with Crippen LogP contribution in [0.25, 0.3) is 0 Å². The molecule has 0 bridgehead atoms. The number of nitrogens with two attached hydrogens (primary N) is 2. The van der Waals surface area contributed by atoms with Gasteiger partial charge in [-0.05, 0) is 66.1 Å². The molecule has 0 unspecified atom stereocenters. The van der Waals surface area contributed by atoms with Crippen LogP contribution in [0.5, 0.6) is 0 Å². The van der Waals surface area contributed by atoms with E-state index in [0.717, 1.165) is 44.3 Å². The number of ketones is 1. The molecule has 1 aromatic heterocycles. The van der Waals surface area contributed by atoms with Crippen LogP contribution in [0.4, 0.5) is 0 Å². The van der Waals surface area contributed by atoms with E-state index >= 15 is 0 Å². The second-order valence-corrected chi connectivity index (χ2v) is 25.2. The number of aromatic amines is 1. The summed E-state index contributed by atoms with van der Waals surface area (Å²) in [4.78, 5) is 181. The van der Waals surface area contributed by atoms with E-state index in [0.29, 0.717) is 32.4 Å². The highest BCUT2D eigenvalue weighted by atomic mass is 16.5. The van der Waals surface area contributed by atoms with Crippen molar-refractivity contribution < 1.29 is 101 Å². The molecule has 0 saturated carbocycles. The normalized spacial score (nSPS) is 13.1. The molecular formula is C66H118N18O21. The number of aliphatic hydroxyl groups excluding tert-OH is 3. The first-order chi connectivity index (χ1) is 50.3. The van der Waals surface area contributed by atoms with Gasteiger partial charge in [0.15, 0.2) is 11.6 Å². The quantitative estimate of drug-likeness (QED) is 0.0271. The van der Waals surface area contributed by atoms with E-state index in [9.17, 15) is 82.4 Å². The number of ether oxygens (including phenoxy) is 4. The average Bonchev–Trinajstić information content (AvgIpc) is 1.26. The Kier molecular flexibility index (Phi) is 53.8. The first-order valence-electron chi connectivity index (χ1n) is 36.1. The molecular weight excluding hydrogens is 1380 g/mol. The molecule has 0 radical (unpaired) electrons. The largest absolute Gasteiger partial charge is 0.394 e. The topological polar surface area (TPSA) is 579 Å². The number of aryl methyl sites for hydroxylation is 1. The Morgan fingerprint density at radius 1 is 0.419 bits per heavy atom. The second-order valence-electron chi connectivity index (χ2n) is 25.2. The summed E-state index contributed by atoms with van der Waals surface area (Å²) in [6, 6.07) is -10.9. The van der Waals surface area contributed by atoms with Crippen LogP contribution in [0.1, 0.15) is 167 Å². The van der Waals surface area contributed by atoms with Crippen molar-refractivity contribution in [1.29, 1.82) is 0 Å². The van der Waals surface area contributed by atoms with Crippen LogP contribution in [0.2, 0.25) is 0 Å². The number of primary amides is 2. The van der Waals surface area contributed by atoms with Gasteiger partial charge in [-0.25, -0.2) is 0 Å². The van der Waals surface area contributed by atoms with Gasteiger partial charge in [0.2, 0.25) is 76.8 Å². The van der Waals surface area contributed by atoms with Gasteiger partial charge in [0.25, 0.3) is 0 Å². The third-order valence-electron chi connectivity index (χ3n) is 15.9. The summed E-state index contributed by atoms with van der Waals surface area (Å²) in [6.45, 7) is -0.119. The minimum absolute atomic E-state index is 0.00771. The van der Waals surface area contributed by atoms with Gasteiger partial charge in [0.05, 0.1) is 72.0 Å². The lowest BCUT2D eigenvalue weighted by atomic mass is 10.0. The van der Waals surface area contributed by atoms with Crippen LogP contribution >= 0.6 is 0 Å². The van der Waals surface area contributed by atoms with Gasteiger partial charge in [-0.1, -0.05) is 95.6 Å². The molecule has 0 aliphatic carbocycles. The lowest BCUT2D eigenvalue weighted by Gasteiger charge is -2.27. The van der Waals surface area contributed by atoms with Crippen molar-refractivity contribution in [1.82, 2.24) is 84.0 Å². The number of aliphatic hydroxyl groups is 3. The van der Waals surface area contributed by atoms with E-state index in [1.807, 2.05) is 6.92 Å². The Morgan fingerprint density at radius 3 is 1.30 bits per heavy atom. The first kappa shape index (κ1) is 94.5. The van der Waals surface area contributed by atoms with Crippen molar-refractivity contribution in [3.8, 4) is 0 Å². The smallest absolute Gasteiger partial charge is 0.246 e. The molecule has 39 nitrogen and oxygen atoms in total. The van der Waals surface area contributed by atoms with Gasteiger partial charge in [-0.2, -0.15) is 5.21 Å². The fourth-order valence-corrected chi connectivity index (χ4v) is 9.90. The number of aromatic nitrogens is 4. The molecule has 7 atom stereocenters. The average molecular weight is 1500 g/mol. The number of carbonyl (C=O) groups is 14. The highest BCUT2D eigenvalue weighted by molar-refractivity contribution is 5.98. The lowest BCUT2D eigenvalue weighted by Crippen LogP contribution is -2.61. The molecule has 0 spiro atoms. The van der Waals surface area contributed by atoms with Gasteiger partial charge < -0.3 is 109 Å². The van der Waals surface area contributed by atoms with Crippen molar-refractivity contribution in [3.63, 3.8) is 0 Å². The van der Waals surface area contributed by atoms with E-state index in [-0.39, 0.29) is 89.7 Å². The van der Waals surface area contributed by atoms with Crippen molar-refractivity contribution in [2.45, 2.75) is 210 Å². The molecule has 1 heterocycles. The van der Waals surface area contributed by atoms with Crippen LogP contribution in [0.15, 0.2) is 0 Å². The summed E-state index contributed by atoms with van der Waals surface area (Å²) in [5.41, 5.74) is 10.6. The summed E-state index contributed by atoms with van der Waals surface area (Å²) in [6.07, 6.45) is 16.2. The first-order valence-corrected chi connectivity index (χ1v) is 36.1. The Labute approximate surface area is 613 Å². The predicted octanol–water partition coefficient (Wildman–Crippen LogP) is -5.24. The number of rotatable bonds is 66. The Bertz CT molecular complexity index is 2740. The SMILES string of the molecule is CCCC[C@H](NC(=O)CCNC(=O)[C@H](CO)NC(=O)[C@H](CCC(N)=O)NC(=O)[C@H](CCN(C)C)NC(=O)[C@H](CO)NC(=O)[C@H](CCC(N)=O)NC(=O)[C@@H](CO)NC(=O)CNC(=O)COCCOCCNC(=O)COCCOCCNC(=O)CCCCCCCCCCCCCCCc1nn[nH]n1)C(C)=O. The molecule has 598 valence electrons. The lowest BCUT2D eigenvalue weighted by molar-refractivity contribution is -0.136. The van der Waals surface area contributed by atoms with Crippen molar-refractivity contribution in [2.24, 2.45) is 11.5 Å². The number of unbranched alkanes of at least 4 members (excludes halogenated alkanes) is 13. The number of nitrogens with zero attached hydrogens (tertiary/aromatic N) is 4. The molecule has 0 fully saturated rings. The van der Waals surface area contributed by atoms with Crippen molar-refractivity contribution >= 4 is 82.6 Å². The third-order valence-corrected chi connectivity index (χ3v) is 15.9. The second kappa shape index (κ2) is 59.7. The van der Waals surface area contributed by atoms with Gasteiger partial charge in [-0.15, -0.1) is 10.2 Å². The van der Waals surface area contributed by atoms with E-state index in [4.69, 9.17) is 30.4 Å². The van der Waals surface area contributed by atoms with Crippen molar-refractivity contribution in [3.05, 3.63) is 5.82 Å². The molecule has 0 aliphatic rings. The van der Waals surface area contributed by atoms with E-state index in [1.54, 1.807) is 19.0 Å². The maximum absolute atomic E-state index is 13.9. The molecule has 0 aliphatic heterocycles. The molecule has 19 N–H and O–H groups in total. The maximum atomic E-state index is 13.9. The Hall–Kier alpha value is -8.47. The molecule has 39 heteroatoms. The number of carbonyl (C=O) groups excluding carboxylic acids is 14. The summed E-state index contributed by atoms with van der Waals surface area (Å²) in [5.74, 6) is -10.6. The van der Waals surface area contributed by atoms with Gasteiger partial charge >= 0.3 is 0 Å². The number of tetrazole rings is 1. The highest BCUT2D eigenvalue weighted by Crippen LogP contribution is 2.14. The molecule has 105 heavy (non-hydrogen) atoms. The fraction of sp³-hybridized carbons (Fsp3) is 0.773. The van der Waals surface area contributed by atoms with Crippen LogP contribution < -0.4 is 70.0 Å². The number of nitrogens with one attached hydrogen (secondary N) is 12. The number of amides is 13. The van der Waals surface area contributed by atoms with Gasteiger partial charge in [0, 0.05) is 51.7 Å². The van der Waals surface area contributed by atoms with E-state index in [1.165, 1.54) is 64.7 Å². The highest BCUT2D eigenvalue weighted by Gasteiger charge is 2.34. The summed E-state index contributed by atoms with van der Waals surface area (Å²) in [5, 5.41) is 70.8. The monoisotopic (exact) mass is 1500 g/mol. The number of H-pyrrole nitrogens is 1. The van der Waals surface area contributed by atoms with Gasteiger partial charge in [-0.3, -0.25) is 67.1 Å².